The summed E-state index contributed by atoms with van der Waals surface area (Å²) in [6, 6.07) is 9.70. The van der Waals surface area contributed by atoms with E-state index in [4.69, 9.17) is 10.2 Å². The van der Waals surface area contributed by atoms with E-state index in [9.17, 15) is 4.79 Å². The molecule has 0 bridgehead atoms. The number of carbonyl (C=O) groups excluding carboxylic acids is 1. The lowest BCUT2D eigenvalue weighted by molar-refractivity contribution is -0.118. The first-order chi connectivity index (χ1) is 10.2. The van der Waals surface area contributed by atoms with Crippen LogP contribution in [0.2, 0.25) is 0 Å². The van der Waals surface area contributed by atoms with Gasteiger partial charge in [-0.05, 0) is 18.6 Å². The lowest BCUT2D eigenvalue weighted by Gasteiger charge is -2.05. The number of hydrogen-bond donors (Lipinski definition) is 1. The fourth-order valence-corrected chi connectivity index (χ4v) is 2.39. The van der Waals surface area contributed by atoms with E-state index >= 15 is 0 Å². The summed E-state index contributed by atoms with van der Waals surface area (Å²) in [6.07, 6.45) is 1.68. The van der Waals surface area contributed by atoms with Crippen molar-refractivity contribution in [3.05, 3.63) is 36.2 Å². The number of nitrogens with zero attached hydrogens (tertiary/aromatic N) is 3. The maximum atomic E-state index is 11.3. The van der Waals surface area contributed by atoms with Crippen molar-refractivity contribution in [3.63, 3.8) is 0 Å². The highest BCUT2D eigenvalue weighted by Gasteiger charge is 2.17. The molecule has 2 heterocycles. The van der Waals surface area contributed by atoms with E-state index in [0.717, 1.165) is 23.7 Å². The topological polar surface area (TPSA) is 86.9 Å². The predicted octanol–water partition coefficient (Wildman–Crippen LogP) is 2.13. The van der Waals surface area contributed by atoms with Gasteiger partial charge >= 0.3 is 0 Å². The van der Waals surface area contributed by atoms with Crippen LogP contribution in [0.4, 0.5) is 0 Å². The summed E-state index contributed by atoms with van der Waals surface area (Å²) in [6.45, 7) is 2.13. The molecule has 0 radical (unpaired) electrons. The van der Waals surface area contributed by atoms with Gasteiger partial charge in [0, 0.05) is 17.3 Å². The number of rotatable bonds is 5. The van der Waals surface area contributed by atoms with E-state index in [1.165, 1.54) is 0 Å². The molecule has 3 aromatic rings. The number of carbonyl (C=O) groups is 1. The second kappa shape index (κ2) is 5.40. The number of amides is 1. The molecule has 1 amide bonds. The Balaban J connectivity index is 2.13. The van der Waals surface area contributed by atoms with Crippen LogP contribution in [0.15, 0.2) is 34.7 Å². The van der Waals surface area contributed by atoms with Gasteiger partial charge in [0.25, 0.3) is 5.89 Å². The highest BCUT2D eigenvalue weighted by molar-refractivity contribution is 5.87. The molecule has 1 aromatic carbocycles. The lowest BCUT2D eigenvalue weighted by Crippen LogP contribution is -2.19. The highest BCUT2D eigenvalue weighted by atomic mass is 16.4. The Labute approximate surface area is 121 Å². The number of fused-ring (bicyclic) bond motifs is 1. The molecule has 0 aliphatic carbocycles. The van der Waals surface area contributed by atoms with Gasteiger partial charge in [-0.3, -0.25) is 4.79 Å². The van der Waals surface area contributed by atoms with Gasteiger partial charge in [0.15, 0.2) is 0 Å². The van der Waals surface area contributed by atoms with Gasteiger partial charge in [-0.1, -0.05) is 25.1 Å². The third-order valence-electron chi connectivity index (χ3n) is 3.27. The lowest BCUT2D eigenvalue weighted by atomic mass is 10.2. The van der Waals surface area contributed by atoms with Gasteiger partial charge in [0.05, 0.1) is 0 Å². The summed E-state index contributed by atoms with van der Waals surface area (Å²) in [4.78, 5) is 11.3. The SMILES string of the molecule is CCCc1nnc(-c2cc3ccccc3n2CC(N)=O)o1. The Morgan fingerprint density at radius 2 is 2.14 bits per heavy atom. The largest absolute Gasteiger partial charge is 0.419 e. The van der Waals surface area contributed by atoms with E-state index in [-0.39, 0.29) is 6.54 Å². The zero-order valence-corrected chi connectivity index (χ0v) is 11.7. The molecular formula is C15H16N4O2. The third kappa shape index (κ3) is 2.52. The van der Waals surface area contributed by atoms with Crippen LogP contribution < -0.4 is 5.73 Å². The van der Waals surface area contributed by atoms with Gasteiger partial charge in [0.1, 0.15) is 12.2 Å². The fourth-order valence-electron chi connectivity index (χ4n) is 2.39. The predicted molar refractivity (Wildman–Crippen MR) is 78.4 cm³/mol. The maximum absolute atomic E-state index is 11.3. The van der Waals surface area contributed by atoms with Crippen molar-refractivity contribution in [2.75, 3.05) is 0 Å². The molecule has 3 rings (SSSR count). The van der Waals surface area contributed by atoms with Crippen LogP contribution in [0.25, 0.3) is 22.5 Å². The van der Waals surface area contributed by atoms with Crippen LogP contribution >= 0.6 is 0 Å². The van der Waals surface area contributed by atoms with Crippen molar-refractivity contribution in [3.8, 4) is 11.6 Å². The summed E-state index contributed by atoms with van der Waals surface area (Å²) >= 11 is 0. The van der Waals surface area contributed by atoms with Gasteiger partial charge in [-0.15, -0.1) is 10.2 Å². The quantitative estimate of drug-likeness (QED) is 0.777. The maximum Gasteiger partial charge on any atom is 0.264 e. The number of aryl methyl sites for hydroxylation is 1. The average Bonchev–Trinajstić information content (AvgIpc) is 3.04. The minimum atomic E-state index is -0.411. The van der Waals surface area contributed by atoms with E-state index in [0.29, 0.717) is 17.5 Å². The van der Waals surface area contributed by atoms with Crippen molar-refractivity contribution in [1.29, 1.82) is 0 Å². The Morgan fingerprint density at radius 1 is 1.33 bits per heavy atom. The summed E-state index contributed by atoms with van der Waals surface area (Å²) < 4.78 is 7.47. The van der Waals surface area contributed by atoms with Crippen LogP contribution in [0.1, 0.15) is 19.2 Å². The smallest absolute Gasteiger partial charge is 0.264 e. The minimum absolute atomic E-state index is 0.0777. The van der Waals surface area contributed by atoms with Crippen molar-refractivity contribution in [1.82, 2.24) is 14.8 Å². The zero-order chi connectivity index (χ0) is 14.8. The molecule has 0 saturated carbocycles. The summed E-state index contributed by atoms with van der Waals surface area (Å²) in [5.41, 5.74) is 6.98. The molecule has 0 spiro atoms. The second-order valence-corrected chi connectivity index (χ2v) is 4.89. The molecule has 0 fully saturated rings. The molecule has 2 N–H and O–H groups in total. The van der Waals surface area contributed by atoms with Gasteiger partial charge < -0.3 is 14.7 Å². The fraction of sp³-hybridized carbons (Fsp3) is 0.267. The van der Waals surface area contributed by atoms with Crippen molar-refractivity contribution in [2.45, 2.75) is 26.3 Å². The first-order valence-electron chi connectivity index (χ1n) is 6.88. The van der Waals surface area contributed by atoms with Crippen LogP contribution in [-0.4, -0.2) is 20.7 Å². The summed E-state index contributed by atoms with van der Waals surface area (Å²) in [7, 11) is 0. The normalized spacial score (nSPS) is 11.1. The van der Waals surface area contributed by atoms with Gasteiger partial charge in [0.2, 0.25) is 11.8 Å². The van der Waals surface area contributed by atoms with Crippen molar-refractivity contribution < 1.29 is 9.21 Å². The summed E-state index contributed by atoms with van der Waals surface area (Å²) in [5.74, 6) is 0.602. The molecule has 21 heavy (non-hydrogen) atoms. The standard InChI is InChI=1S/C15H16N4O2/c1-2-5-14-17-18-15(21-14)12-8-10-6-3-4-7-11(10)19(12)9-13(16)20/h3-4,6-8H,2,5,9H2,1H3,(H2,16,20). The molecule has 0 unspecified atom stereocenters. The Morgan fingerprint density at radius 3 is 2.90 bits per heavy atom. The molecule has 0 saturated heterocycles. The Bertz CT molecular complexity index is 788. The van der Waals surface area contributed by atoms with Crippen LogP contribution in [0.3, 0.4) is 0 Å². The average molecular weight is 284 g/mol. The van der Waals surface area contributed by atoms with E-state index in [1.807, 2.05) is 37.3 Å². The van der Waals surface area contributed by atoms with Crippen molar-refractivity contribution in [2.24, 2.45) is 5.73 Å². The molecule has 0 aliphatic heterocycles. The summed E-state index contributed by atoms with van der Waals surface area (Å²) in [5, 5.41) is 9.11. The van der Waals surface area contributed by atoms with E-state index in [1.54, 1.807) is 4.57 Å². The van der Waals surface area contributed by atoms with E-state index < -0.39 is 5.91 Å². The zero-order valence-electron chi connectivity index (χ0n) is 11.7. The van der Waals surface area contributed by atoms with Gasteiger partial charge in [-0.2, -0.15) is 0 Å². The van der Waals surface area contributed by atoms with Crippen molar-refractivity contribution >= 4 is 16.8 Å². The molecule has 2 aromatic heterocycles. The number of para-hydroxylation sites is 1. The first kappa shape index (κ1) is 13.4. The number of hydrogen-bond acceptors (Lipinski definition) is 4. The number of aromatic nitrogens is 3. The van der Waals surface area contributed by atoms with Gasteiger partial charge in [-0.25, -0.2) is 0 Å². The minimum Gasteiger partial charge on any atom is -0.419 e. The molecule has 108 valence electrons. The van der Waals surface area contributed by atoms with E-state index in [2.05, 4.69) is 10.2 Å². The first-order valence-corrected chi connectivity index (χ1v) is 6.88. The monoisotopic (exact) mass is 284 g/mol. The van der Waals surface area contributed by atoms with Crippen LogP contribution in [-0.2, 0) is 17.8 Å². The third-order valence-corrected chi connectivity index (χ3v) is 3.27. The molecule has 6 heteroatoms. The number of nitrogens with two attached hydrogens (primary N) is 1. The Hall–Kier alpha value is -2.63. The molecule has 6 nitrogen and oxygen atoms in total. The molecule has 0 atom stereocenters. The van der Waals surface area contributed by atoms with Crippen LogP contribution in [0, 0.1) is 0 Å². The van der Waals surface area contributed by atoms with Crippen LogP contribution in [0.5, 0.6) is 0 Å². The second-order valence-electron chi connectivity index (χ2n) is 4.89. The number of primary amides is 1. The Kier molecular flexibility index (Phi) is 3.43. The molecule has 0 aliphatic rings. The number of benzene rings is 1. The molecular weight excluding hydrogens is 268 g/mol. The highest BCUT2D eigenvalue weighted by Crippen LogP contribution is 2.27.